The fourth-order valence-corrected chi connectivity index (χ4v) is 3.93. The van der Waals surface area contributed by atoms with Gasteiger partial charge in [-0.25, -0.2) is 4.98 Å². The average molecular weight is 451 g/mol. The molecule has 0 saturated heterocycles. The molecule has 0 aliphatic carbocycles. The van der Waals surface area contributed by atoms with E-state index in [0.29, 0.717) is 5.56 Å². The highest BCUT2D eigenvalue weighted by atomic mass is 35.5. The van der Waals surface area contributed by atoms with Crippen LogP contribution in [0.15, 0.2) is 109 Å². The highest BCUT2D eigenvalue weighted by Crippen LogP contribution is 2.30. The van der Waals surface area contributed by atoms with Gasteiger partial charge in [0.05, 0.1) is 9.60 Å². The number of hydrogen-bond donors (Lipinski definition) is 0. The third-order valence-corrected chi connectivity index (χ3v) is 5.52. The van der Waals surface area contributed by atoms with Crippen molar-refractivity contribution >= 4 is 33.1 Å². The van der Waals surface area contributed by atoms with Crippen molar-refractivity contribution in [1.82, 2.24) is 15.0 Å². The van der Waals surface area contributed by atoms with Crippen LogP contribution in [0.5, 0.6) is 0 Å². The first kappa shape index (κ1) is 13.5. The highest BCUT2D eigenvalue weighted by molar-refractivity contribution is 6.28. The lowest BCUT2D eigenvalue weighted by molar-refractivity contribution is 1.07. The van der Waals surface area contributed by atoms with Crippen molar-refractivity contribution in [3.63, 3.8) is 0 Å². The minimum absolute atomic E-state index is 0.109. The zero-order valence-corrected chi connectivity index (χ0v) is 17.8. The quantitative estimate of drug-likeness (QED) is 0.275. The monoisotopic (exact) mass is 450 g/mol. The molecule has 3 nitrogen and oxygen atoms in total. The highest BCUT2D eigenvalue weighted by Gasteiger charge is 2.12. The Morgan fingerprint density at radius 1 is 0.576 bits per heavy atom. The van der Waals surface area contributed by atoms with Crippen LogP contribution < -0.4 is 0 Å². The van der Waals surface area contributed by atoms with Crippen molar-refractivity contribution in [2.75, 3.05) is 0 Å². The van der Waals surface area contributed by atoms with Crippen LogP contribution in [0.2, 0.25) is 5.28 Å². The molecule has 1 heterocycles. The number of rotatable bonds is 3. The van der Waals surface area contributed by atoms with Crippen molar-refractivity contribution in [3.05, 3.63) is 114 Å². The molecule has 6 rings (SSSR count). The third kappa shape index (κ3) is 3.73. The SMILES string of the molecule is [2H]c1c([2H])c([2H])c2c(-c3nc(Cl)nc(-c4ccc5cc(-c6ccccc6)ccc5c4)n3)c([2H])c([2H])c([2H])c2c1[2H]. The molecule has 5 aromatic carbocycles. The number of benzene rings is 5. The summed E-state index contributed by atoms with van der Waals surface area (Å²) in [7, 11) is 0. The maximum absolute atomic E-state index is 8.59. The zero-order chi connectivity index (χ0) is 28.3. The van der Waals surface area contributed by atoms with Gasteiger partial charge in [-0.3, -0.25) is 0 Å². The first-order valence-corrected chi connectivity index (χ1v) is 10.5. The molecule has 1 aromatic heterocycles. The second-order valence-electron chi connectivity index (χ2n) is 7.39. The standard InChI is InChI=1S/C29H18ClN3/c30-29-32-27(31-28(33-29)26-12-6-10-20-9-4-5-11-25(20)26)24-16-15-22-17-21(13-14-23(22)18-24)19-7-2-1-3-8-19/h1-18H/i4D,5D,6D,9D,10D,11D,12D. The minimum atomic E-state index is -0.532. The molecule has 0 unspecified atom stereocenters. The molecule has 0 bridgehead atoms. The van der Waals surface area contributed by atoms with Gasteiger partial charge in [0.1, 0.15) is 0 Å². The fraction of sp³-hybridized carbons (Fsp3) is 0. The van der Waals surface area contributed by atoms with Crippen molar-refractivity contribution in [3.8, 4) is 33.9 Å². The van der Waals surface area contributed by atoms with E-state index in [4.69, 9.17) is 21.2 Å². The van der Waals surface area contributed by atoms with E-state index in [1.54, 1.807) is 0 Å². The molecule has 0 spiro atoms. The third-order valence-electron chi connectivity index (χ3n) is 5.35. The van der Waals surface area contributed by atoms with Crippen LogP contribution in [-0.2, 0) is 0 Å². The van der Waals surface area contributed by atoms with Crippen LogP contribution >= 0.6 is 11.6 Å². The van der Waals surface area contributed by atoms with Gasteiger partial charge in [0, 0.05) is 11.1 Å². The number of fused-ring (bicyclic) bond motifs is 2. The Labute approximate surface area is 206 Å². The van der Waals surface area contributed by atoms with Gasteiger partial charge in [0.25, 0.3) is 0 Å². The maximum atomic E-state index is 8.59. The average Bonchev–Trinajstić information content (AvgIpc) is 2.97. The number of hydrogen-bond acceptors (Lipinski definition) is 3. The molecule has 0 amide bonds. The van der Waals surface area contributed by atoms with Crippen LogP contribution in [0.3, 0.4) is 0 Å². The van der Waals surface area contributed by atoms with Gasteiger partial charge in [-0.15, -0.1) is 0 Å². The molecule has 4 heteroatoms. The molecule has 0 aliphatic heterocycles. The molecule has 0 aliphatic rings. The van der Waals surface area contributed by atoms with Crippen molar-refractivity contribution in [2.24, 2.45) is 0 Å². The van der Waals surface area contributed by atoms with Gasteiger partial charge < -0.3 is 0 Å². The lowest BCUT2D eigenvalue weighted by Gasteiger charge is -2.09. The van der Waals surface area contributed by atoms with Gasteiger partial charge in [-0.2, -0.15) is 9.97 Å². The second kappa shape index (κ2) is 8.12. The molecule has 0 N–H and O–H groups in total. The predicted molar refractivity (Wildman–Crippen MR) is 136 cm³/mol. The summed E-state index contributed by atoms with van der Waals surface area (Å²) in [6.45, 7) is 0. The van der Waals surface area contributed by atoms with E-state index in [1.165, 1.54) is 0 Å². The van der Waals surface area contributed by atoms with Gasteiger partial charge in [0.2, 0.25) is 5.28 Å². The van der Waals surface area contributed by atoms with Crippen molar-refractivity contribution in [2.45, 2.75) is 0 Å². The topological polar surface area (TPSA) is 38.7 Å². The molecule has 0 radical (unpaired) electrons. The van der Waals surface area contributed by atoms with Crippen molar-refractivity contribution in [1.29, 1.82) is 0 Å². The molecular formula is C29H18ClN3. The Morgan fingerprint density at radius 2 is 1.27 bits per heavy atom. The summed E-state index contributed by atoms with van der Waals surface area (Å²) >= 11 is 6.30. The molecule has 0 atom stereocenters. The van der Waals surface area contributed by atoms with E-state index in [2.05, 4.69) is 21.0 Å². The normalized spacial score (nSPS) is 14.2. The lowest BCUT2D eigenvalue weighted by Crippen LogP contribution is -1.97. The summed E-state index contributed by atoms with van der Waals surface area (Å²) in [5.74, 6) is 0.0713. The van der Waals surface area contributed by atoms with Gasteiger partial charge in [-0.1, -0.05) is 96.9 Å². The predicted octanol–water partition coefficient (Wildman–Crippen LogP) is 7.83. The fourth-order valence-electron chi connectivity index (χ4n) is 3.77. The van der Waals surface area contributed by atoms with Gasteiger partial charge in [0.15, 0.2) is 11.6 Å². The Balaban J connectivity index is 1.54. The van der Waals surface area contributed by atoms with Crippen LogP contribution in [0.25, 0.3) is 55.4 Å². The first-order valence-electron chi connectivity index (χ1n) is 13.7. The Morgan fingerprint density at radius 3 is 2.12 bits per heavy atom. The summed E-state index contributed by atoms with van der Waals surface area (Å²) in [5, 5.41) is 1.46. The van der Waals surface area contributed by atoms with E-state index in [0.717, 1.165) is 21.9 Å². The maximum Gasteiger partial charge on any atom is 0.226 e. The summed E-state index contributed by atoms with van der Waals surface area (Å²) in [5.41, 5.74) is 2.69. The summed E-state index contributed by atoms with van der Waals surface area (Å²) < 4.78 is 58.2. The van der Waals surface area contributed by atoms with Crippen LogP contribution in [0.4, 0.5) is 0 Å². The number of halogens is 1. The molecule has 0 saturated carbocycles. The molecule has 156 valence electrons. The molecule has 0 fully saturated rings. The van der Waals surface area contributed by atoms with E-state index in [1.807, 2.05) is 60.7 Å². The number of aromatic nitrogens is 3. The van der Waals surface area contributed by atoms with E-state index in [-0.39, 0.29) is 33.3 Å². The van der Waals surface area contributed by atoms with Crippen LogP contribution in [-0.4, -0.2) is 15.0 Å². The van der Waals surface area contributed by atoms with Crippen LogP contribution in [0, 0.1) is 0 Å². The first-order chi connectivity index (χ1) is 19.2. The van der Waals surface area contributed by atoms with E-state index >= 15 is 0 Å². The van der Waals surface area contributed by atoms with Crippen LogP contribution in [0.1, 0.15) is 9.60 Å². The molecule has 33 heavy (non-hydrogen) atoms. The summed E-state index contributed by atoms with van der Waals surface area (Å²) in [6.07, 6.45) is 0. The van der Waals surface area contributed by atoms with E-state index < -0.39 is 42.3 Å². The largest absolute Gasteiger partial charge is 0.226 e. The lowest BCUT2D eigenvalue weighted by atomic mass is 10.00. The Hall–Kier alpha value is -4.08. The second-order valence-corrected chi connectivity index (χ2v) is 7.73. The van der Waals surface area contributed by atoms with E-state index in [9.17, 15) is 0 Å². The summed E-state index contributed by atoms with van der Waals surface area (Å²) in [6, 6.07) is 18.4. The van der Waals surface area contributed by atoms with Crippen molar-refractivity contribution < 1.29 is 9.60 Å². The zero-order valence-electron chi connectivity index (χ0n) is 24.1. The number of nitrogens with zero attached hydrogens (tertiary/aromatic N) is 3. The Bertz CT molecular complexity index is 1990. The smallest absolute Gasteiger partial charge is 0.208 e. The molecule has 6 aromatic rings. The van der Waals surface area contributed by atoms with Gasteiger partial charge >= 0.3 is 0 Å². The summed E-state index contributed by atoms with van der Waals surface area (Å²) in [4.78, 5) is 13.0. The molecular weight excluding hydrogens is 426 g/mol. The minimum Gasteiger partial charge on any atom is -0.208 e. The Kier molecular flexibility index (Phi) is 3.31. The van der Waals surface area contributed by atoms with Gasteiger partial charge in [-0.05, 0) is 56.4 Å².